The molecule has 0 bridgehead atoms. The molecule has 0 aromatic rings. The Morgan fingerprint density at radius 2 is 2.00 bits per heavy atom. The van der Waals surface area contributed by atoms with Crippen LogP contribution in [0.5, 0.6) is 0 Å². The van der Waals surface area contributed by atoms with E-state index >= 15 is 0 Å². The number of aliphatic hydroxyl groups is 2. The molecule has 0 amide bonds. The number of rotatable bonds is 7. The molecule has 0 aromatic carbocycles. The summed E-state index contributed by atoms with van der Waals surface area (Å²) < 4.78 is 0. The van der Waals surface area contributed by atoms with Crippen molar-refractivity contribution in [2.75, 3.05) is 26.2 Å². The van der Waals surface area contributed by atoms with E-state index in [-0.39, 0.29) is 12.1 Å². The fourth-order valence-electron chi connectivity index (χ4n) is 3.05. The number of β-amino-alcohol motifs (C(OH)–C–C–N with tert-alkyl or cyclic N) is 1. The average Bonchev–Trinajstić information content (AvgIpc) is 2.39. The maximum absolute atomic E-state index is 9.72. The molecule has 0 radical (unpaired) electrons. The molecule has 1 rings (SSSR count). The summed E-state index contributed by atoms with van der Waals surface area (Å²) in [5.41, 5.74) is 6.09. The van der Waals surface area contributed by atoms with Crippen LogP contribution < -0.4 is 5.73 Å². The minimum atomic E-state index is -0.653. The Morgan fingerprint density at radius 3 is 2.44 bits per heavy atom. The molecule has 108 valence electrons. The predicted octanol–water partition coefficient (Wildman–Crippen LogP) is 0.959. The maximum atomic E-state index is 9.72. The first-order valence-electron chi connectivity index (χ1n) is 7.32. The number of nitrogens with two attached hydrogens (primary N) is 1. The van der Waals surface area contributed by atoms with Crippen molar-refractivity contribution in [2.24, 2.45) is 11.7 Å². The summed E-state index contributed by atoms with van der Waals surface area (Å²) >= 11 is 0. The number of hydrogen-bond donors (Lipinski definition) is 3. The smallest absolute Gasteiger partial charge is 0.0897 e. The van der Waals surface area contributed by atoms with Crippen LogP contribution in [0.25, 0.3) is 0 Å². The Labute approximate surface area is 111 Å². The van der Waals surface area contributed by atoms with E-state index in [4.69, 9.17) is 10.8 Å². The third kappa shape index (κ3) is 3.92. The summed E-state index contributed by atoms with van der Waals surface area (Å²) in [5.74, 6) is 0.788. The lowest BCUT2D eigenvalue weighted by atomic mass is 9.75. The Bertz CT molecular complexity index is 228. The van der Waals surface area contributed by atoms with Gasteiger partial charge in [-0.3, -0.25) is 4.90 Å². The van der Waals surface area contributed by atoms with E-state index in [1.165, 1.54) is 12.8 Å². The second-order valence-electron chi connectivity index (χ2n) is 5.89. The molecule has 0 saturated heterocycles. The molecule has 4 N–H and O–H groups in total. The Morgan fingerprint density at radius 1 is 1.39 bits per heavy atom. The van der Waals surface area contributed by atoms with Crippen molar-refractivity contribution in [1.82, 2.24) is 4.90 Å². The summed E-state index contributed by atoms with van der Waals surface area (Å²) in [5, 5.41) is 18.8. The molecule has 4 nitrogen and oxygen atoms in total. The van der Waals surface area contributed by atoms with Crippen LogP contribution in [0.2, 0.25) is 0 Å². The van der Waals surface area contributed by atoms with Crippen LogP contribution in [0, 0.1) is 5.92 Å². The standard InChI is InChI=1S/C14H30N2O2/c1-3-8-16(9-13(18)10-17)14(11-15)6-4-12(2)5-7-14/h12-13,17-18H,3-11,15H2,1-2H3. The van der Waals surface area contributed by atoms with Gasteiger partial charge in [-0.25, -0.2) is 0 Å². The highest BCUT2D eigenvalue weighted by Gasteiger charge is 2.38. The quantitative estimate of drug-likeness (QED) is 0.636. The molecule has 1 aliphatic rings. The Balaban J connectivity index is 2.72. The van der Waals surface area contributed by atoms with E-state index in [9.17, 15) is 5.11 Å². The lowest BCUT2D eigenvalue weighted by molar-refractivity contribution is -0.00909. The molecular weight excluding hydrogens is 228 g/mol. The first kappa shape index (κ1) is 15.9. The third-order valence-electron chi connectivity index (χ3n) is 4.39. The van der Waals surface area contributed by atoms with Gasteiger partial charge in [-0.1, -0.05) is 13.8 Å². The number of hydrogen-bond acceptors (Lipinski definition) is 4. The predicted molar refractivity (Wildman–Crippen MR) is 74.4 cm³/mol. The molecule has 1 unspecified atom stereocenters. The van der Waals surface area contributed by atoms with E-state index in [0.29, 0.717) is 13.1 Å². The van der Waals surface area contributed by atoms with Gasteiger partial charge in [0.1, 0.15) is 0 Å². The first-order chi connectivity index (χ1) is 8.57. The van der Waals surface area contributed by atoms with Crippen LogP contribution in [0.3, 0.4) is 0 Å². The van der Waals surface area contributed by atoms with Gasteiger partial charge in [0.2, 0.25) is 0 Å². The second-order valence-corrected chi connectivity index (χ2v) is 5.89. The Kier molecular flexibility index (Phi) is 6.57. The van der Waals surface area contributed by atoms with Crippen molar-refractivity contribution in [1.29, 1.82) is 0 Å². The minimum Gasteiger partial charge on any atom is -0.394 e. The largest absolute Gasteiger partial charge is 0.394 e. The van der Waals surface area contributed by atoms with Crippen LogP contribution in [0.1, 0.15) is 46.0 Å². The number of aliphatic hydroxyl groups excluding tert-OH is 2. The molecule has 0 heterocycles. The van der Waals surface area contributed by atoms with Crippen LogP contribution in [0.4, 0.5) is 0 Å². The topological polar surface area (TPSA) is 69.7 Å². The van der Waals surface area contributed by atoms with Gasteiger partial charge >= 0.3 is 0 Å². The van der Waals surface area contributed by atoms with Crippen molar-refractivity contribution in [3.63, 3.8) is 0 Å². The fourth-order valence-corrected chi connectivity index (χ4v) is 3.05. The van der Waals surface area contributed by atoms with Crippen LogP contribution in [-0.4, -0.2) is 53.0 Å². The second kappa shape index (κ2) is 7.43. The van der Waals surface area contributed by atoms with E-state index < -0.39 is 6.10 Å². The molecule has 1 aliphatic carbocycles. The first-order valence-corrected chi connectivity index (χ1v) is 7.32. The molecule has 4 heteroatoms. The lowest BCUT2D eigenvalue weighted by Crippen LogP contribution is -2.58. The van der Waals surface area contributed by atoms with Crippen molar-refractivity contribution >= 4 is 0 Å². The van der Waals surface area contributed by atoms with E-state index in [2.05, 4.69) is 18.7 Å². The molecule has 18 heavy (non-hydrogen) atoms. The van der Waals surface area contributed by atoms with Crippen molar-refractivity contribution in [3.05, 3.63) is 0 Å². The summed E-state index contributed by atoms with van der Waals surface area (Å²) in [4.78, 5) is 2.32. The summed E-state index contributed by atoms with van der Waals surface area (Å²) in [6.45, 7) is 6.41. The minimum absolute atomic E-state index is 0.0403. The average molecular weight is 258 g/mol. The van der Waals surface area contributed by atoms with Gasteiger partial charge < -0.3 is 15.9 Å². The van der Waals surface area contributed by atoms with E-state index in [1.807, 2.05) is 0 Å². The Hall–Kier alpha value is -0.160. The van der Waals surface area contributed by atoms with Gasteiger partial charge in [0.05, 0.1) is 12.7 Å². The molecular formula is C14H30N2O2. The summed E-state index contributed by atoms with van der Waals surface area (Å²) in [7, 11) is 0. The zero-order chi connectivity index (χ0) is 13.6. The molecule has 0 spiro atoms. The fraction of sp³-hybridized carbons (Fsp3) is 1.00. The lowest BCUT2D eigenvalue weighted by Gasteiger charge is -2.48. The number of nitrogens with zero attached hydrogens (tertiary/aromatic N) is 1. The van der Waals surface area contributed by atoms with Crippen LogP contribution >= 0.6 is 0 Å². The van der Waals surface area contributed by atoms with Crippen molar-refractivity contribution in [2.45, 2.75) is 57.6 Å². The maximum Gasteiger partial charge on any atom is 0.0897 e. The molecule has 1 saturated carbocycles. The third-order valence-corrected chi connectivity index (χ3v) is 4.39. The van der Waals surface area contributed by atoms with Gasteiger partial charge in [-0.15, -0.1) is 0 Å². The highest BCUT2D eigenvalue weighted by Crippen LogP contribution is 2.36. The monoisotopic (exact) mass is 258 g/mol. The van der Waals surface area contributed by atoms with Crippen LogP contribution in [-0.2, 0) is 0 Å². The molecule has 1 atom stereocenters. The van der Waals surface area contributed by atoms with Gasteiger partial charge in [-0.05, 0) is 44.6 Å². The highest BCUT2D eigenvalue weighted by atomic mass is 16.3. The van der Waals surface area contributed by atoms with Gasteiger partial charge in [0.15, 0.2) is 0 Å². The van der Waals surface area contributed by atoms with Crippen LogP contribution in [0.15, 0.2) is 0 Å². The van der Waals surface area contributed by atoms with Gasteiger partial charge in [0, 0.05) is 18.6 Å². The van der Waals surface area contributed by atoms with Crippen molar-refractivity contribution < 1.29 is 10.2 Å². The van der Waals surface area contributed by atoms with Gasteiger partial charge in [0.25, 0.3) is 0 Å². The molecule has 0 aliphatic heterocycles. The highest BCUT2D eigenvalue weighted by molar-refractivity contribution is 4.96. The van der Waals surface area contributed by atoms with E-state index in [0.717, 1.165) is 31.7 Å². The van der Waals surface area contributed by atoms with E-state index in [1.54, 1.807) is 0 Å². The zero-order valence-electron chi connectivity index (χ0n) is 11.9. The summed E-state index contributed by atoms with van der Waals surface area (Å²) in [6, 6.07) is 0. The normalized spacial score (nSPS) is 30.7. The summed E-state index contributed by atoms with van der Waals surface area (Å²) in [6.07, 6.45) is 5.06. The SMILES string of the molecule is CCCN(CC(O)CO)C1(CN)CCC(C)CC1. The molecule has 1 fully saturated rings. The van der Waals surface area contributed by atoms with Crippen molar-refractivity contribution in [3.8, 4) is 0 Å². The molecule has 0 aromatic heterocycles. The van der Waals surface area contributed by atoms with Gasteiger partial charge in [-0.2, -0.15) is 0 Å². The zero-order valence-corrected chi connectivity index (χ0v) is 11.9.